The van der Waals surface area contributed by atoms with Gasteiger partial charge in [-0.3, -0.25) is 0 Å². The Morgan fingerprint density at radius 2 is 1.88 bits per heavy atom. The number of nitrogens with zero attached hydrogens (tertiary/aromatic N) is 1. The molecule has 0 unspecified atom stereocenters. The highest BCUT2D eigenvalue weighted by Crippen LogP contribution is 2.37. The molecule has 0 atom stereocenters. The van der Waals surface area contributed by atoms with E-state index in [1.165, 1.54) is 0 Å². The Balaban J connectivity index is 3.42. The zero-order chi connectivity index (χ0) is 12.5. The molecule has 0 fully saturated rings. The Morgan fingerprint density at radius 1 is 1.31 bits per heavy atom. The summed E-state index contributed by atoms with van der Waals surface area (Å²) in [4.78, 5) is 3.12. The summed E-state index contributed by atoms with van der Waals surface area (Å²) >= 11 is 10.7. The molecule has 1 aromatic heterocycles. The number of rotatable bonds is 2. The molecule has 1 nitrogen and oxygen atoms in total. The average molecular weight is 280 g/mol. The van der Waals surface area contributed by atoms with Crippen molar-refractivity contribution in [2.75, 3.05) is 0 Å². The van der Waals surface area contributed by atoms with Crippen molar-refractivity contribution < 1.29 is 22.0 Å². The molecule has 0 spiro atoms. The molecular formula is C8H4Cl2F5N. The number of hydrogen-bond donors (Lipinski definition) is 0. The van der Waals surface area contributed by atoms with Gasteiger partial charge in [0, 0.05) is 0 Å². The molecule has 8 heteroatoms. The lowest BCUT2D eigenvalue weighted by molar-refractivity contribution is -0.139. The van der Waals surface area contributed by atoms with E-state index in [2.05, 4.69) is 4.98 Å². The molecular weight excluding hydrogens is 276 g/mol. The molecule has 90 valence electrons. The van der Waals surface area contributed by atoms with Crippen molar-refractivity contribution >= 4 is 23.2 Å². The van der Waals surface area contributed by atoms with Crippen LogP contribution >= 0.6 is 23.2 Å². The van der Waals surface area contributed by atoms with E-state index in [0.29, 0.717) is 6.07 Å². The number of aromatic nitrogens is 1. The van der Waals surface area contributed by atoms with Crippen molar-refractivity contribution in [1.29, 1.82) is 0 Å². The number of hydrogen-bond acceptors (Lipinski definition) is 1. The fourth-order valence-electron chi connectivity index (χ4n) is 1.03. The van der Waals surface area contributed by atoms with Crippen molar-refractivity contribution in [3.8, 4) is 0 Å². The van der Waals surface area contributed by atoms with Crippen LogP contribution in [-0.2, 0) is 12.1 Å². The van der Waals surface area contributed by atoms with Crippen LogP contribution in [0.1, 0.15) is 23.4 Å². The number of pyridine rings is 1. The summed E-state index contributed by atoms with van der Waals surface area (Å²) in [5, 5.41) is -0.383. The summed E-state index contributed by atoms with van der Waals surface area (Å²) in [6.07, 6.45) is -8.26. The van der Waals surface area contributed by atoms with Crippen molar-refractivity contribution in [2.24, 2.45) is 0 Å². The monoisotopic (exact) mass is 279 g/mol. The third kappa shape index (κ3) is 2.74. The molecule has 0 amide bonds. The smallest absolute Gasteiger partial charge is 0.248 e. The van der Waals surface area contributed by atoms with E-state index in [-0.39, 0.29) is 16.6 Å². The minimum Gasteiger partial charge on any atom is -0.248 e. The van der Waals surface area contributed by atoms with E-state index in [9.17, 15) is 22.0 Å². The first-order valence-corrected chi connectivity index (χ1v) is 4.79. The number of halogens is 7. The van der Waals surface area contributed by atoms with Crippen molar-refractivity contribution in [2.45, 2.75) is 18.5 Å². The Morgan fingerprint density at radius 3 is 2.25 bits per heavy atom. The Bertz CT molecular complexity index is 391. The van der Waals surface area contributed by atoms with Crippen LogP contribution in [0.5, 0.6) is 0 Å². The predicted molar refractivity (Wildman–Crippen MR) is 48.8 cm³/mol. The first-order chi connectivity index (χ1) is 7.27. The molecule has 0 saturated carbocycles. The Kier molecular flexibility index (Phi) is 3.96. The molecule has 1 heterocycles. The van der Waals surface area contributed by atoms with E-state index in [1.807, 2.05) is 0 Å². The molecule has 0 bridgehead atoms. The summed E-state index contributed by atoms with van der Waals surface area (Å²) < 4.78 is 61.8. The van der Waals surface area contributed by atoms with Crippen LogP contribution in [0.2, 0.25) is 5.02 Å². The van der Waals surface area contributed by atoms with E-state index < -0.39 is 23.9 Å². The average Bonchev–Trinajstić information content (AvgIpc) is 2.15. The molecule has 0 radical (unpaired) electrons. The summed E-state index contributed by atoms with van der Waals surface area (Å²) in [5.74, 6) is -0.337. The largest absolute Gasteiger partial charge is 0.418 e. The second kappa shape index (κ2) is 4.71. The molecule has 0 N–H and O–H groups in total. The van der Waals surface area contributed by atoms with Crippen molar-refractivity contribution in [3.05, 3.63) is 28.0 Å². The van der Waals surface area contributed by atoms with Gasteiger partial charge in [-0.1, -0.05) is 11.6 Å². The lowest BCUT2D eigenvalue weighted by Crippen LogP contribution is -2.12. The molecule has 0 aliphatic carbocycles. The van der Waals surface area contributed by atoms with E-state index in [0.717, 1.165) is 0 Å². The summed E-state index contributed by atoms with van der Waals surface area (Å²) in [7, 11) is 0. The second-order valence-electron chi connectivity index (χ2n) is 2.78. The SMILES string of the molecule is FC(F)c1nc(CCl)c(Cl)cc1C(F)(F)F. The van der Waals surface area contributed by atoms with Gasteiger partial charge in [-0.25, -0.2) is 13.8 Å². The lowest BCUT2D eigenvalue weighted by Gasteiger charge is -2.13. The molecule has 0 aromatic carbocycles. The van der Waals surface area contributed by atoms with Crippen molar-refractivity contribution in [1.82, 2.24) is 4.98 Å². The Hall–Kier alpha value is -0.620. The summed E-state index contributed by atoms with van der Waals surface area (Å²) in [6, 6.07) is 0.410. The van der Waals surface area contributed by atoms with Crippen LogP contribution in [0.15, 0.2) is 6.07 Å². The van der Waals surface area contributed by atoms with Gasteiger partial charge in [0.1, 0.15) is 5.69 Å². The standard InChI is InChI=1S/C8H4Cl2F5N/c9-2-5-4(10)1-3(8(13,14)15)6(16-5)7(11)12/h1,7H,2H2. The normalized spacial score (nSPS) is 12.2. The van der Waals surface area contributed by atoms with E-state index >= 15 is 0 Å². The molecule has 0 saturated heterocycles. The fraction of sp³-hybridized carbons (Fsp3) is 0.375. The predicted octanol–water partition coefficient (Wildman–Crippen LogP) is 4.43. The maximum absolute atomic E-state index is 12.4. The molecule has 16 heavy (non-hydrogen) atoms. The van der Waals surface area contributed by atoms with E-state index in [1.54, 1.807) is 0 Å². The first-order valence-electron chi connectivity index (χ1n) is 3.88. The van der Waals surface area contributed by atoms with Crippen LogP contribution in [0.4, 0.5) is 22.0 Å². The highest BCUT2D eigenvalue weighted by molar-refractivity contribution is 6.32. The second-order valence-corrected chi connectivity index (χ2v) is 3.46. The molecule has 1 aromatic rings. The summed E-state index contributed by atoms with van der Waals surface area (Å²) in [5.41, 5.74) is -3.10. The highest BCUT2D eigenvalue weighted by Gasteiger charge is 2.37. The quantitative estimate of drug-likeness (QED) is 0.576. The minimum absolute atomic E-state index is 0.202. The van der Waals surface area contributed by atoms with Crippen LogP contribution in [-0.4, -0.2) is 4.98 Å². The highest BCUT2D eigenvalue weighted by atomic mass is 35.5. The van der Waals surface area contributed by atoms with Crippen LogP contribution in [0.25, 0.3) is 0 Å². The maximum Gasteiger partial charge on any atom is 0.418 e. The fourth-order valence-corrected chi connectivity index (χ4v) is 1.52. The van der Waals surface area contributed by atoms with Gasteiger partial charge in [0.25, 0.3) is 6.43 Å². The van der Waals surface area contributed by atoms with Gasteiger partial charge in [0.15, 0.2) is 0 Å². The zero-order valence-corrected chi connectivity index (χ0v) is 8.97. The van der Waals surface area contributed by atoms with E-state index in [4.69, 9.17) is 23.2 Å². The summed E-state index contributed by atoms with van der Waals surface area (Å²) in [6.45, 7) is 0. The van der Waals surface area contributed by atoms with Crippen LogP contribution in [0.3, 0.4) is 0 Å². The maximum atomic E-state index is 12.4. The molecule has 0 aliphatic rings. The van der Waals surface area contributed by atoms with Gasteiger partial charge in [0.2, 0.25) is 0 Å². The van der Waals surface area contributed by atoms with Gasteiger partial charge < -0.3 is 0 Å². The van der Waals surface area contributed by atoms with Gasteiger partial charge in [0.05, 0.1) is 22.2 Å². The van der Waals surface area contributed by atoms with Gasteiger partial charge in [-0.2, -0.15) is 13.2 Å². The molecule has 0 aliphatic heterocycles. The third-order valence-corrected chi connectivity index (χ3v) is 2.30. The minimum atomic E-state index is -4.92. The number of alkyl halides is 6. The van der Waals surface area contributed by atoms with Gasteiger partial charge in [-0.15, -0.1) is 11.6 Å². The van der Waals surface area contributed by atoms with Gasteiger partial charge >= 0.3 is 6.18 Å². The third-order valence-electron chi connectivity index (χ3n) is 1.72. The molecule has 1 rings (SSSR count). The van der Waals surface area contributed by atoms with Crippen molar-refractivity contribution in [3.63, 3.8) is 0 Å². The zero-order valence-electron chi connectivity index (χ0n) is 7.45. The van der Waals surface area contributed by atoms with Gasteiger partial charge in [-0.05, 0) is 6.07 Å². The van der Waals surface area contributed by atoms with Crippen LogP contribution in [0, 0.1) is 0 Å². The topological polar surface area (TPSA) is 12.9 Å². The van der Waals surface area contributed by atoms with Crippen LogP contribution < -0.4 is 0 Å². The lowest BCUT2D eigenvalue weighted by atomic mass is 10.1. The first kappa shape index (κ1) is 13.4. The Labute approximate surface area is 97.2 Å².